The number of hydrogen-bond donors (Lipinski definition) is 2. The number of fused-ring (bicyclic) bond motifs is 2. The predicted molar refractivity (Wildman–Crippen MR) is 85.0 cm³/mol. The SMILES string of the molecule is O=C1CN(C(=O)c2c[nH]c3ccccc23)c2ccccc2N1. The van der Waals surface area contributed by atoms with Crippen LogP contribution in [0.2, 0.25) is 0 Å². The van der Waals surface area contributed by atoms with Gasteiger partial charge in [0.15, 0.2) is 0 Å². The van der Waals surface area contributed by atoms with Crippen molar-refractivity contribution in [2.24, 2.45) is 0 Å². The van der Waals surface area contributed by atoms with Crippen LogP contribution in [0.15, 0.2) is 54.7 Å². The third-order valence-electron chi connectivity index (χ3n) is 3.84. The molecule has 2 heterocycles. The number of amides is 2. The molecule has 108 valence electrons. The number of anilines is 2. The first-order valence-corrected chi connectivity index (χ1v) is 7.01. The zero-order chi connectivity index (χ0) is 15.1. The van der Waals surface area contributed by atoms with Gasteiger partial charge in [0.2, 0.25) is 5.91 Å². The lowest BCUT2D eigenvalue weighted by atomic mass is 10.1. The van der Waals surface area contributed by atoms with E-state index in [1.807, 2.05) is 42.5 Å². The quantitative estimate of drug-likeness (QED) is 0.724. The van der Waals surface area contributed by atoms with Gasteiger partial charge in [0, 0.05) is 17.1 Å². The second kappa shape index (κ2) is 4.73. The lowest BCUT2D eigenvalue weighted by molar-refractivity contribution is -0.115. The fourth-order valence-electron chi connectivity index (χ4n) is 2.81. The third-order valence-corrected chi connectivity index (χ3v) is 3.84. The Morgan fingerprint density at radius 3 is 2.73 bits per heavy atom. The maximum absolute atomic E-state index is 12.9. The molecule has 0 saturated heterocycles. The van der Waals surface area contributed by atoms with Gasteiger partial charge in [-0.15, -0.1) is 0 Å². The van der Waals surface area contributed by atoms with E-state index in [-0.39, 0.29) is 18.4 Å². The number of benzene rings is 2. The van der Waals surface area contributed by atoms with E-state index < -0.39 is 0 Å². The number of aromatic amines is 1. The van der Waals surface area contributed by atoms with Crippen LogP contribution in [0, 0.1) is 0 Å². The van der Waals surface area contributed by atoms with Crippen LogP contribution in [0.25, 0.3) is 10.9 Å². The molecule has 0 spiro atoms. The maximum atomic E-state index is 12.9. The van der Waals surface area contributed by atoms with Crippen LogP contribution in [-0.2, 0) is 4.79 Å². The Bertz CT molecular complexity index is 898. The lowest BCUT2D eigenvalue weighted by Gasteiger charge is -2.29. The van der Waals surface area contributed by atoms with Crippen molar-refractivity contribution < 1.29 is 9.59 Å². The van der Waals surface area contributed by atoms with Crippen LogP contribution in [0.3, 0.4) is 0 Å². The molecule has 0 unspecified atom stereocenters. The van der Waals surface area contributed by atoms with Crippen molar-refractivity contribution in [3.05, 3.63) is 60.3 Å². The van der Waals surface area contributed by atoms with Crippen LogP contribution < -0.4 is 10.2 Å². The van der Waals surface area contributed by atoms with Crippen molar-refractivity contribution in [2.45, 2.75) is 0 Å². The summed E-state index contributed by atoms with van der Waals surface area (Å²) in [5, 5.41) is 3.64. The number of rotatable bonds is 1. The molecule has 0 bridgehead atoms. The molecule has 1 aliphatic rings. The molecule has 0 aliphatic carbocycles. The molecule has 3 aromatic rings. The summed E-state index contributed by atoms with van der Waals surface area (Å²) in [6.45, 7) is 0.0232. The summed E-state index contributed by atoms with van der Waals surface area (Å²) < 4.78 is 0. The first-order valence-electron chi connectivity index (χ1n) is 7.01. The van der Waals surface area contributed by atoms with Gasteiger partial charge in [-0.3, -0.25) is 14.5 Å². The number of carbonyl (C=O) groups is 2. The van der Waals surface area contributed by atoms with Gasteiger partial charge in [0.25, 0.3) is 5.91 Å². The number of H-pyrrole nitrogens is 1. The first kappa shape index (κ1) is 12.6. The van der Waals surface area contributed by atoms with Crippen LogP contribution in [0.1, 0.15) is 10.4 Å². The zero-order valence-corrected chi connectivity index (χ0v) is 11.7. The molecule has 0 radical (unpaired) electrons. The molecule has 0 fully saturated rings. The van der Waals surface area contributed by atoms with Crippen molar-refractivity contribution in [1.29, 1.82) is 0 Å². The number of nitrogens with one attached hydrogen (secondary N) is 2. The summed E-state index contributed by atoms with van der Waals surface area (Å²) >= 11 is 0. The molecule has 2 aromatic carbocycles. The van der Waals surface area contributed by atoms with Crippen LogP contribution in [-0.4, -0.2) is 23.3 Å². The van der Waals surface area contributed by atoms with Gasteiger partial charge < -0.3 is 10.3 Å². The largest absolute Gasteiger partial charge is 0.360 e. The summed E-state index contributed by atoms with van der Waals surface area (Å²) in [4.78, 5) is 29.4. The molecular weight excluding hydrogens is 278 g/mol. The summed E-state index contributed by atoms with van der Waals surface area (Å²) in [5.74, 6) is -0.369. The molecule has 0 atom stereocenters. The Kier molecular flexibility index (Phi) is 2.72. The van der Waals surface area contributed by atoms with Crippen molar-refractivity contribution in [2.75, 3.05) is 16.8 Å². The van der Waals surface area contributed by atoms with E-state index in [0.29, 0.717) is 11.3 Å². The second-order valence-corrected chi connectivity index (χ2v) is 5.20. The third kappa shape index (κ3) is 1.87. The Morgan fingerprint density at radius 1 is 1.05 bits per heavy atom. The van der Waals surface area contributed by atoms with Gasteiger partial charge in [0.05, 0.1) is 16.9 Å². The lowest BCUT2D eigenvalue weighted by Crippen LogP contribution is -2.42. The highest BCUT2D eigenvalue weighted by Crippen LogP contribution is 2.31. The minimum absolute atomic E-state index is 0.0232. The Hall–Kier alpha value is -3.08. The fourth-order valence-corrected chi connectivity index (χ4v) is 2.81. The minimum atomic E-state index is -0.188. The van der Waals surface area contributed by atoms with E-state index >= 15 is 0 Å². The molecule has 2 N–H and O–H groups in total. The van der Waals surface area contributed by atoms with Crippen LogP contribution in [0.5, 0.6) is 0 Å². The summed E-state index contributed by atoms with van der Waals surface area (Å²) in [6, 6.07) is 14.9. The van der Waals surface area contributed by atoms with Gasteiger partial charge in [-0.2, -0.15) is 0 Å². The summed E-state index contributed by atoms with van der Waals surface area (Å²) in [7, 11) is 0. The van der Waals surface area contributed by atoms with Crippen LogP contribution in [0.4, 0.5) is 11.4 Å². The van der Waals surface area contributed by atoms with E-state index in [9.17, 15) is 9.59 Å². The molecule has 0 saturated carbocycles. The van der Waals surface area contributed by atoms with Gasteiger partial charge >= 0.3 is 0 Å². The highest BCUT2D eigenvalue weighted by Gasteiger charge is 2.28. The molecular formula is C17H13N3O2. The second-order valence-electron chi connectivity index (χ2n) is 5.20. The van der Waals surface area contributed by atoms with Crippen molar-refractivity contribution in [3.63, 3.8) is 0 Å². The number of nitrogens with zero attached hydrogens (tertiary/aromatic N) is 1. The summed E-state index contributed by atoms with van der Waals surface area (Å²) in [6.07, 6.45) is 1.70. The Balaban J connectivity index is 1.82. The van der Waals surface area contributed by atoms with E-state index in [0.717, 1.165) is 16.6 Å². The highest BCUT2D eigenvalue weighted by atomic mass is 16.2. The molecule has 4 rings (SSSR count). The van der Waals surface area contributed by atoms with Gasteiger partial charge in [-0.1, -0.05) is 30.3 Å². The number of para-hydroxylation sites is 3. The average Bonchev–Trinajstić information content (AvgIpc) is 2.97. The maximum Gasteiger partial charge on any atom is 0.260 e. The molecule has 5 nitrogen and oxygen atoms in total. The van der Waals surface area contributed by atoms with Crippen molar-refractivity contribution >= 4 is 34.1 Å². The normalized spacial score (nSPS) is 13.8. The molecule has 1 aliphatic heterocycles. The zero-order valence-electron chi connectivity index (χ0n) is 11.7. The van der Waals surface area contributed by atoms with E-state index in [1.54, 1.807) is 12.3 Å². The number of hydrogen-bond acceptors (Lipinski definition) is 2. The van der Waals surface area contributed by atoms with Crippen LogP contribution >= 0.6 is 0 Å². The molecule has 2 amide bonds. The number of aromatic nitrogens is 1. The fraction of sp³-hybridized carbons (Fsp3) is 0.0588. The predicted octanol–water partition coefficient (Wildman–Crippen LogP) is 2.77. The monoisotopic (exact) mass is 291 g/mol. The minimum Gasteiger partial charge on any atom is -0.360 e. The Morgan fingerprint density at radius 2 is 1.82 bits per heavy atom. The Labute approximate surface area is 126 Å². The smallest absolute Gasteiger partial charge is 0.260 e. The van der Waals surface area contributed by atoms with E-state index in [4.69, 9.17) is 0 Å². The summed E-state index contributed by atoms with van der Waals surface area (Å²) in [5.41, 5.74) is 2.85. The van der Waals surface area contributed by atoms with E-state index in [1.165, 1.54) is 4.90 Å². The van der Waals surface area contributed by atoms with Gasteiger partial charge in [-0.25, -0.2) is 0 Å². The molecule has 5 heteroatoms. The highest BCUT2D eigenvalue weighted by molar-refractivity contribution is 6.19. The first-order chi connectivity index (χ1) is 10.7. The number of carbonyl (C=O) groups excluding carboxylic acids is 2. The molecule has 22 heavy (non-hydrogen) atoms. The standard InChI is InChI=1S/C17H13N3O2/c21-16-10-20(15-8-4-3-7-14(15)19-16)17(22)12-9-18-13-6-2-1-5-11(12)13/h1-9,18H,10H2,(H,19,21). The molecule has 1 aromatic heterocycles. The van der Waals surface area contributed by atoms with Gasteiger partial charge in [0.1, 0.15) is 6.54 Å². The van der Waals surface area contributed by atoms with E-state index in [2.05, 4.69) is 10.3 Å². The average molecular weight is 291 g/mol. The van der Waals surface area contributed by atoms with Gasteiger partial charge in [-0.05, 0) is 18.2 Å². The van der Waals surface area contributed by atoms with Crippen molar-refractivity contribution in [3.8, 4) is 0 Å². The van der Waals surface area contributed by atoms with Crippen molar-refractivity contribution in [1.82, 2.24) is 4.98 Å². The topological polar surface area (TPSA) is 65.2 Å².